The van der Waals surface area contributed by atoms with E-state index in [1.165, 1.54) is 6.07 Å². The first-order valence-electron chi connectivity index (χ1n) is 5.53. The molecular weight excluding hydrogens is 316 g/mol. The third kappa shape index (κ3) is 2.17. The molecule has 0 spiro atoms. The number of benzene rings is 1. The van der Waals surface area contributed by atoms with Crippen molar-refractivity contribution in [3.05, 3.63) is 28.4 Å². The summed E-state index contributed by atoms with van der Waals surface area (Å²) in [5, 5.41) is 15.3. The minimum atomic E-state index is -1.05. The SMILES string of the molecule is O=C(O)c1cc(-c2cc3c(cc2Br)OCCO3)n[nH]1. The van der Waals surface area contributed by atoms with E-state index in [0.717, 1.165) is 10.0 Å². The molecule has 0 fully saturated rings. The number of aromatic carboxylic acids is 1. The van der Waals surface area contributed by atoms with Crippen LogP contribution in [0.25, 0.3) is 11.3 Å². The van der Waals surface area contributed by atoms with Crippen molar-refractivity contribution in [3.63, 3.8) is 0 Å². The maximum Gasteiger partial charge on any atom is 0.353 e. The number of rotatable bonds is 2. The first-order chi connectivity index (χ1) is 9.15. The zero-order chi connectivity index (χ0) is 13.4. The van der Waals surface area contributed by atoms with Crippen LogP contribution >= 0.6 is 15.9 Å². The number of nitrogens with zero attached hydrogens (tertiary/aromatic N) is 1. The monoisotopic (exact) mass is 324 g/mol. The van der Waals surface area contributed by atoms with Crippen LogP contribution in [0.5, 0.6) is 11.5 Å². The van der Waals surface area contributed by atoms with Gasteiger partial charge < -0.3 is 14.6 Å². The largest absolute Gasteiger partial charge is 0.486 e. The molecule has 0 bridgehead atoms. The van der Waals surface area contributed by atoms with Crippen molar-refractivity contribution in [2.75, 3.05) is 13.2 Å². The van der Waals surface area contributed by atoms with Gasteiger partial charge in [-0.1, -0.05) is 0 Å². The lowest BCUT2D eigenvalue weighted by molar-refractivity contribution is 0.0690. The van der Waals surface area contributed by atoms with Crippen molar-refractivity contribution >= 4 is 21.9 Å². The Hall–Kier alpha value is -2.02. The summed E-state index contributed by atoms with van der Waals surface area (Å²) in [5.74, 6) is 0.243. The summed E-state index contributed by atoms with van der Waals surface area (Å²) in [5.41, 5.74) is 1.31. The van der Waals surface area contributed by atoms with Gasteiger partial charge in [-0.2, -0.15) is 5.10 Å². The quantitative estimate of drug-likeness (QED) is 0.885. The molecule has 0 unspecified atom stereocenters. The van der Waals surface area contributed by atoms with E-state index in [4.69, 9.17) is 14.6 Å². The zero-order valence-corrected chi connectivity index (χ0v) is 11.2. The highest BCUT2D eigenvalue weighted by Gasteiger charge is 2.18. The van der Waals surface area contributed by atoms with E-state index >= 15 is 0 Å². The van der Waals surface area contributed by atoms with Gasteiger partial charge in [0.05, 0.1) is 5.69 Å². The average molecular weight is 325 g/mol. The van der Waals surface area contributed by atoms with E-state index in [-0.39, 0.29) is 5.69 Å². The van der Waals surface area contributed by atoms with Crippen molar-refractivity contribution in [2.24, 2.45) is 0 Å². The number of fused-ring (bicyclic) bond motifs is 1. The van der Waals surface area contributed by atoms with Crippen molar-refractivity contribution in [1.82, 2.24) is 10.2 Å². The Labute approximate surface area is 116 Å². The number of halogens is 1. The summed E-state index contributed by atoms with van der Waals surface area (Å²) >= 11 is 3.42. The number of carboxylic acid groups (broad SMARTS) is 1. The Morgan fingerprint density at radius 1 is 1.26 bits per heavy atom. The first-order valence-corrected chi connectivity index (χ1v) is 6.32. The molecule has 1 aromatic heterocycles. The van der Waals surface area contributed by atoms with Gasteiger partial charge in [0.15, 0.2) is 11.5 Å². The molecule has 6 nitrogen and oxygen atoms in total. The summed E-state index contributed by atoms with van der Waals surface area (Å²) in [6.45, 7) is 1.01. The lowest BCUT2D eigenvalue weighted by Gasteiger charge is -2.19. The molecule has 2 heterocycles. The molecule has 0 atom stereocenters. The second-order valence-corrected chi connectivity index (χ2v) is 4.80. The van der Waals surface area contributed by atoms with Crippen LogP contribution < -0.4 is 9.47 Å². The van der Waals surface area contributed by atoms with Gasteiger partial charge in [-0.15, -0.1) is 0 Å². The third-order valence-electron chi connectivity index (χ3n) is 2.72. The lowest BCUT2D eigenvalue weighted by Crippen LogP contribution is -2.15. The van der Waals surface area contributed by atoms with Crippen LogP contribution in [0, 0.1) is 0 Å². The Morgan fingerprint density at radius 3 is 2.58 bits per heavy atom. The van der Waals surface area contributed by atoms with Crippen molar-refractivity contribution in [3.8, 4) is 22.8 Å². The molecule has 98 valence electrons. The van der Waals surface area contributed by atoms with Crippen LogP contribution in [-0.2, 0) is 0 Å². The standard InChI is InChI=1S/C12H9BrN2O4/c13-7-4-11-10(18-1-2-19-11)3-6(7)8-5-9(12(16)17)15-14-8/h3-5H,1-2H2,(H,14,15)(H,16,17). The summed E-state index contributed by atoms with van der Waals surface area (Å²) < 4.78 is 11.7. The number of carboxylic acids is 1. The van der Waals surface area contributed by atoms with Gasteiger partial charge in [0.25, 0.3) is 0 Å². The summed E-state index contributed by atoms with van der Waals surface area (Å²) in [4.78, 5) is 10.8. The smallest absolute Gasteiger partial charge is 0.353 e. The van der Waals surface area contributed by atoms with Crippen LogP contribution in [0.1, 0.15) is 10.5 Å². The van der Waals surface area contributed by atoms with Crippen LogP contribution in [-0.4, -0.2) is 34.5 Å². The number of nitrogens with one attached hydrogen (secondary N) is 1. The van der Waals surface area contributed by atoms with Gasteiger partial charge in [-0.05, 0) is 34.1 Å². The second-order valence-electron chi connectivity index (χ2n) is 3.95. The number of carbonyl (C=O) groups is 1. The minimum absolute atomic E-state index is 0.0387. The molecule has 2 N–H and O–H groups in total. The highest BCUT2D eigenvalue weighted by Crippen LogP contribution is 2.39. The predicted molar refractivity (Wildman–Crippen MR) is 69.7 cm³/mol. The van der Waals surface area contributed by atoms with Gasteiger partial charge in [0.1, 0.15) is 18.9 Å². The maximum absolute atomic E-state index is 10.8. The van der Waals surface area contributed by atoms with Gasteiger partial charge in [0, 0.05) is 10.0 Å². The fraction of sp³-hybridized carbons (Fsp3) is 0.167. The van der Waals surface area contributed by atoms with E-state index in [1.54, 1.807) is 12.1 Å². The highest BCUT2D eigenvalue weighted by atomic mass is 79.9. The molecule has 19 heavy (non-hydrogen) atoms. The lowest BCUT2D eigenvalue weighted by atomic mass is 10.1. The molecule has 1 aromatic carbocycles. The number of hydrogen-bond donors (Lipinski definition) is 2. The van der Waals surface area contributed by atoms with E-state index in [9.17, 15) is 4.79 Å². The normalized spacial score (nSPS) is 13.3. The van der Waals surface area contributed by atoms with Crippen molar-refractivity contribution < 1.29 is 19.4 Å². The summed E-state index contributed by atoms with van der Waals surface area (Å²) in [6.07, 6.45) is 0. The maximum atomic E-state index is 10.8. The Kier molecular flexibility index (Phi) is 2.90. The second kappa shape index (κ2) is 4.58. The van der Waals surface area contributed by atoms with E-state index in [0.29, 0.717) is 30.4 Å². The minimum Gasteiger partial charge on any atom is -0.486 e. The van der Waals surface area contributed by atoms with Crippen LogP contribution in [0.4, 0.5) is 0 Å². The molecule has 0 saturated heterocycles. The van der Waals surface area contributed by atoms with Gasteiger partial charge in [-0.25, -0.2) is 4.79 Å². The summed E-state index contributed by atoms with van der Waals surface area (Å²) in [7, 11) is 0. The molecule has 0 aliphatic carbocycles. The van der Waals surface area contributed by atoms with E-state index < -0.39 is 5.97 Å². The molecule has 2 aromatic rings. The molecule has 0 radical (unpaired) electrons. The van der Waals surface area contributed by atoms with Crippen LogP contribution in [0.15, 0.2) is 22.7 Å². The fourth-order valence-corrected chi connectivity index (χ4v) is 2.36. The number of aromatic nitrogens is 2. The molecule has 1 aliphatic rings. The number of aromatic amines is 1. The van der Waals surface area contributed by atoms with E-state index in [1.807, 2.05) is 0 Å². The molecule has 1 aliphatic heterocycles. The number of ether oxygens (including phenoxy) is 2. The average Bonchev–Trinajstić information content (AvgIpc) is 2.87. The first kappa shape index (κ1) is 12.0. The number of hydrogen-bond acceptors (Lipinski definition) is 4. The number of H-pyrrole nitrogens is 1. The third-order valence-corrected chi connectivity index (χ3v) is 3.37. The molecule has 0 amide bonds. The Morgan fingerprint density at radius 2 is 1.95 bits per heavy atom. The van der Waals surface area contributed by atoms with Crippen LogP contribution in [0.3, 0.4) is 0 Å². The topological polar surface area (TPSA) is 84.4 Å². The van der Waals surface area contributed by atoms with Crippen molar-refractivity contribution in [1.29, 1.82) is 0 Å². The van der Waals surface area contributed by atoms with Gasteiger partial charge in [0.2, 0.25) is 0 Å². The molecule has 3 rings (SSSR count). The molecule has 7 heteroatoms. The van der Waals surface area contributed by atoms with E-state index in [2.05, 4.69) is 26.1 Å². The molecule has 0 saturated carbocycles. The van der Waals surface area contributed by atoms with Gasteiger partial charge in [-0.3, -0.25) is 5.10 Å². The summed E-state index contributed by atoms with van der Waals surface area (Å²) in [6, 6.07) is 5.04. The Balaban J connectivity index is 2.06. The van der Waals surface area contributed by atoms with Gasteiger partial charge >= 0.3 is 5.97 Å². The highest BCUT2D eigenvalue weighted by molar-refractivity contribution is 9.10. The Bertz CT molecular complexity index is 653. The zero-order valence-electron chi connectivity index (χ0n) is 9.64. The van der Waals surface area contributed by atoms with Crippen LogP contribution in [0.2, 0.25) is 0 Å². The predicted octanol–water partition coefficient (Wildman–Crippen LogP) is 2.31. The van der Waals surface area contributed by atoms with Crippen molar-refractivity contribution in [2.45, 2.75) is 0 Å². The molecular formula is C12H9BrN2O4. The fourth-order valence-electron chi connectivity index (χ4n) is 1.83.